The summed E-state index contributed by atoms with van der Waals surface area (Å²) in [6.07, 6.45) is 1.27. The Labute approximate surface area is 137 Å². The molecule has 24 heavy (non-hydrogen) atoms. The smallest absolute Gasteiger partial charge is 0.258 e. The van der Waals surface area contributed by atoms with Crippen molar-refractivity contribution in [3.05, 3.63) is 64.5 Å². The minimum absolute atomic E-state index is 0.107. The van der Waals surface area contributed by atoms with Gasteiger partial charge in [0.05, 0.1) is 29.0 Å². The zero-order valence-electron chi connectivity index (χ0n) is 13.2. The van der Waals surface area contributed by atoms with Crippen LogP contribution < -0.4 is 10.3 Å². The Morgan fingerprint density at radius 3 is 2.54 bits per heavy atom. The lowest BCUT2D eigenvalue weighted by molar-refractivity contribution is 0.415. The van der Waals surface area contributed by atoms with Gasteiger partial charge in [0.2, 0.25) is 0 Å². The SMILES string of the molecule is COc1ccc2nc(CCc3nc4ccccc4c(=O)[nH]3)[nH]c2c1. The predicted molar refractivity (Wildman–Crippen MR) is 92.4 cm³/mol. The average Bonchev–Trinajstić information content (AvgIpc) is 3.02. The standard InChI is InChI=1S/C18H16N4O2/c1-24-11-6-7-14-15(10-11)21-16(20-14)8-9-17-19-13-5-3-2-4-12(13)18(23)22-17/h2-7,10H,8-9H2,1H3,(H,20,21)(H,19,22,23). The van der Waals surface area contributed by atoms with Crippen LogP contribution in [0.25, 0.3) is 21.9 Å². The highest BCUT2D eigenvalue weighted by Crippen LogP contribution is 2.19. The number of benzene rings is 2. The van der Waals surface area contributed by atoms with Crippen LogP contribution in [0.1, 0.15) is 11.6 Å². The molecule has 2 N–H and O–H groups in total. The van der Waals surface area contributed by atoms with Crippen molar-refractivity contribution in [1.82, 2.24) is 19.9 Å². The fourth-order valence-electron chi connectivity index (χ4n) is 2.78. The largest absolute Gasteiger partial charge is 0.497 e. The molecule has 6 heteroatoms. The van der Waals surface area contributed by atoms with Gasteiger partial charge in [-0.3, -0.25) is 4.79 Å². The molecule has 2 aromatic heterocycles. The molecule has 4 aromatic rings. The zero-order chi connectivity index (χ0) is 16.5. The molecule has 0 bridgehead atoms. The molecule has 0 atom stereocenters. The third-order valence-electron chi connectivity index (χ3n) is 4.00. The summed E-state index contributed by atoms with van der Waals surface area (Å²) in [5, 5.41) is 0.608. The van der Waals surface area contributed by atoms with Gasteiger partial charge >= 0.3 is 0 Å². The maximum Gasteiger partial charge on any atom is 0.258 e. The summed E-state index contributed by atoms with van der Waals surface area (Å²) in [5.74, 6) is 2.31. The van der Waals surface area contributed by atoms with E-state index in [1.165, 1.54) is 0 Å². The van der Waals surface area contributed by atoms with Gasteiger partial charge < -0.3 is 14.7 Å². The van der Waals surface area contributed by atoms with Gasteiger partial charge in [0, 0.05) is 18.9 Å². The van der Waals surface area contributed by atoms with Crippen LogP contribution in [-0.2, 0) is 12.8 Å². The molecule has 0 unspecified atom stereocenters. The number of aromatic amines is 2. The fraction of sp³-hybridized carbons (Fsp3) is 0.167. The van der Waals surface area contributed by atoms with Crippen molar-refractivity contribution in [2.24, 2.45) is 0 Å². The van der Waals surface area contributed by atoms with Crippen LogP contribution in [0.5, 0.6) is 5.75 Å². The van der Waals surface area contributed by atoms with E-state index in [0.717, 1.165) is 22.6 Å². The van der Waals surface area contributed by atoms with E-state index in [9.17, 15) is 4.79 Å². The van der Waals surface area contributed by atoms with Gasteiger partial charge in [-0.1, -0.05) is 12.1 Å². The van der Waals surface area contributed by atoms with Crippen LogP contribution in [0.2, 0.25) is 0 Å². The number of methoxy groups -OCH3 is 1. The second-order valence-electron chi connectivity index (χ2n) is 5.60. The Bertz CT molecular complexity index is 1080. The van der Waals surface area contributed by atoms with E-state index in [1.54, 1.807) is 13.2 Å². The molecule has 120 valence electrons. The van der Waals surface area contributed by atoms with Gasteiger partial charge in [0.1, 0.15) is 17.4 Å². The molecule has 2 aromatic carbocycles. The maximum absolute atomic E-state index is 12.1. The number of para-hydroxylation sites is 1. The Morgan fingerprint density at radius 1 is 0.958 bits per heavy atom. The van der Waals surface area contributed by atoms with Crippen molar-refractivity contribution in [2.45, 2.75) is 12.8 Å². The molecule has 0 amide bonds. The van der Waals surface area contributed by atoms with Gasteiger partial charge in [-0.25, -0.2) is 9.97 Å². The number of aromatic nitrogens is 4. The van der Waals surface area contributed by atoms with Crippen molar-refractivity contribution in [2.75, 3.05) is 7.11 Å². The third-order valence-corrected chi connectivity index (χ3v) is 4.00. The lowest BCUT2D eigenvalue weighted by Gasteiger charge is -2.01. The molecule has 4 rings (SSSR count). The molecule has 0 radical (unpaired) electrons. The second-order valence-corrected chi connectivity index (χ2v) is 5.60. The van der Waals surface area contributed by atoms with E-state index in [0.29, 0.717) is 29.6 Å². The molecular formula is C18H16N4O2. The van der Waals surface area contributed by atoms with E-state index < -0.39 is 0 Å². The Balaban J connectivity index is 1.59. The molecule has 0 spiro atoms. The molecule has 0 saturated heterocycles. The number of hydrogen-bond donors (Lipinski definition) is 2. The summed E-state index contributed by atoms with van der Waals surface area (Å²) in [5.41, 5.74) is 2.44. The number of ether oxygens (including phenoxy) is 1. The number of imidazole rings is 1. The summed E-state index contributed by atoms with van der Waals surface area (Å²) < 4.78 is 5.22. The Morgan fingerprint density at radius 2 is 1.71 bits per heavy atom. The summed E-state index contributed by atoms with van der Waals surface area (Å²) in [4.78, 5) is 27.3. The minimum Gasteiger partial charge on any atom is -0.497 e. The third kappa shape index (κ3) is 2.62. The summed E-state index contributed by atoms with van der Waals surface area (Å²) in [6.45, 7) is 0. The monoisotopic (exact) mass is 320 g/mol. The lowest BCUT2D eigenvalue weighted by Crippen LogP contribution is -2.12. The Hall–Kier alpha value is -3.15. The first-order valence-electron chi connectivity index (χ1n) is 7.73. The van der Waals surface area contributed by atoms with Crippen LogP contribution >= 0.6 is 0 Å². The van der Waals surface area contributed by atoms with Crippen LogP contribution in [0.4, 0.5) is 0 Å². The molecule has 0 aliphatic carbocycles. The summed E-state index contributed by atoms with van der Waals surface area (Å²) in [6, 6.07) is 13.1. The number of hydrogen-bond acceptors (Lipinski definition) is 4. The number of rotatable bonds is 4. The quantitative estimate of drug-likeness (QED) is 0.605. The average molecular weight is 320 g/mol. The Kier molecular flexibility index (Phi) is 3.49. The zero-order valence-corrected chi connectivity index (χ0v) is 13.2. The van der Waals surface area contributed by atoms with E-state index in [4.69, 9.17) is 4.74 Å². The van der Waals surface area contributed by atoms with Crippen molar-refractivity contribution >= 4 is 21.9 Å². The van der Waals surface area contributed by atoms with Crippen molar-refractivity contribution in [1.29, 1.82) is 0 Å². The fourth-order valence-corrected chi connectivity index (χ4v) is 2.78. The van der Waals surface area contributed by atoms with Gasteiger partial charge in [-0.15, -0.1) is 0 Å². The van der Waals surface area contributed by atoms with E-state index in [1.807, 2.05) is 36.4 Å². The molecule has 0 aliphatic rings. The highest BCUT2D eigenvalue weighted by atomic mass is 16.5. The number of nitrogens with zero attached hydrogens (tertiary/aromatic N) is 2. The first-order valence-corrected chi connectivity index (χ1v) is 7.73. The first-order chi connectivity index (χ1) is 11.7. The number of H-pyrrole nitrogens is 2. The van der Waals surface area contributed by atoms with Crippen LogP contribution in [0.3, 0.4) is 0 Å². The highest BCUT2D eigenvalue weighted by Gasteiger charge is 2.07. The van der Waals surface area contributed by atoms with Crippen LogP contribution in [0, 0.1) is 0 Å². The molecule has 6 nitrogen and oxygen atoms in total. The molecule has 0 fully saturated rings. The van der Waals surface area contributed by atoms with Crippen molar-refractivity contribution in [3.63, 3.8) is 0 Å². The minimum atomic E-state index is -0.107. The van der Waals surface area contributed by atoms with Gasteiger partial charge in [0.25, 0.3) is 5.56 Å². The first kappa shape index (κ1) is 14.4. The topological polar surface area (TPSA) is 83.7 Å². The molecule has 0 aliphatic heterocycles. The normalized spacial score (nSPS) is 11.2. The number of aryl methyl sites for hydroxylation is 2. The molecule has 0 saturated carbocycles. The molecular weight excluding hydrogens is 304 g/mol. The highest BCUT2D eigenvalue weighted by molar-refractivity contribution is 5.77. The number of nitrogens with one attached hydrogen (secondary N) is 2. The van der Waals surface area contributed by atoms with Crippen LogP contribution in [0.15, 0.2) is 47.3 Å². The second kappa shape index (κ2) is 5.81. The number of fused-ring (bicyclic) bond motifs is 2. The van der Waals surface area contributed by atoms with Gasteiger partial charge in [0.15, 0.2) is 0 Å². The molecule has 2 heterocycles. The lowest BCUT2D eigenvalue weighted by atomic mass is 10.2. The maximum atomic E-state index is 12.1. The van der Waals surface area contributed by atoms with Gasteiger partial charge in [-0.05, 0) is 24.3 Å². The van der Waals surface area contributed by atoms with E-state index in [-0.39, 0.29) is 5.56 Å². The van der Waals surface area contributed by atoms with Gasteiger partial charge in [-0.2, -0.15) is 0 Å². The summed E-state index contributed by atoms with van der Waals surface area (Å²) in [7, 11) is 1.64. The predicted octanol–water partition coefficient (Wildman–Crippen LogP) is 2.59. The van der Waals surface area contributed by atoms with Crippen molar-refractivity contribution in [3.8, 4) is 5.75 Å². The van der Waals surface area contributed by atoms with E-state index in [2.05, 4.69) is 19.9 Å². The van der Waals surface area contributed by atoms with Crippen molar-refractivity contribution < 1.29 is 4.74 Å². The van der Waals surface area contributed by atoms with E-state index >= 15 is 0 Å². The van der Waals surface area contributed by atoms with Crippen LogP contribution in [-0.4, -0.2) is 27.0 Å². The summed E-state index contributed by atoms with van der Waals surface area (Å²) >= 11 is 0.